The van der Waals surface area contributed by atoms with E-state index >= 15 is 0 Å². The maximum Gasteiger partial charge on any atom is 0.179 e. The van der Waals surface area contributed by atoms with Crippen molar-refractivity contribution in [2.45, 2.75) is 18.4 Å². The molecule has 0 aliphatic carbocycles. The van der Waals surface area contributed by atoms with Gasteiger partial charge in [0.15, 0.2) is 9.84 Å². The molecule has 0 aliphatic rings. The van der Waals surface area contributed by atoms with Crippen molar-refractivity contribution in [2.75, 3.05) is 11.6 Å². The van der Waals surface area contributed by atoms with Crippen molar-refractivity contribution in [3.63, 3.8) is 0 Å². The molecule has 0 aliphatic heterocycles. The molecule has 2 rings (SSSR count). The van der Waals surface area contributed by atoms with Crippen LogP contribution in [0, 0.1) is 6.92 Å². The van der Waals surface area contributed by atoms with Gasteiger partial charge in [0, 0.05) is 30.9 Å². The SMILES string of the molecule is Cc1ccc(CNc2ncccc2S(C)(=O)=O)cn1. The first kappa shape index (κ1) is 13.5. The number of aryl methyl sites for hydroxylation is 1. The summed E-state index contributed by atoms with van der Waals surface area (Å²) in [6.07, 6.45) is 4.48. The number of nitrogens with zero attached hydrogens (tertiary/aromatic N) is 2. The van der Waals surface area contributed by atoms with Gasteiger partial charge in [-0.2, -0.15) is 0 Å². The second-order valence-electron chi connectivity index (χ2n) is 4.28. The number of hydrogen-bond acceptors (Lipinski definition) is 5. The molecule has 100 valence electrons. The van der Waals surface area contributed by atoms with Crippen molar-refractivity contribution < 1.29 is 8.42 Å². The standard InChI is InChI=1S/C13H15N3O2S/c1-10-5-6-11(8-15-10)9-16-13-12(19(2,17)18)4-3-7-14-13/h3-8H,9H2,1-2H3,(H,14,16). The maximum atomic E-state index is 11.6. The summed E-state index contributed by atoms with van der Waals surface area (Å²) in [6, 6.07) is 7.00. The van der Waals surface area contributed by atoms with E-state index in [2.05, 4.69) is 15.3 Å². The van der Waals surface area contributed by atoms with Gasteiger partial charge < -0.3 is 5.32 Å². The van der Waals surface area contributed by atoms with Crippen molar-refractivity contribution in [3.8, 4) is 0 Å². The molecule has 0 bridgehead atoms. The molecule has 2 heterocycles. The van der Waals surface area contributed by atoms with E-state index in [0.717, 1.165) is 11.3 Å². The predicted octanol–water partition coefficient (Wildman–Crippen LogP) is 1.80. The largest absolute Gasteiger partial charge is 0.365 e. The van der Waals surface area contributed by atoms with Gasteiger partial charge in [0.25, 0.3) is 0 Å². The van der Waals surface area contributed by atoms with Crippen LogP contribution in [0.15, 0.2) is 41.6 Å². The highest BCUT2D eigenvalue weighted by Gasteiger charge is 2.13. The van der Waals surface area contributed by atoms with Crippen LogP contribution in [0.25, 0.3) is 0 Å². The van der Waals surface area contributed by atoms with Crippen LogP contribution in [0.1, 0.15) is 11.3 Å². The summed E-state index contributed by atoms with van der Waals surface area (Å²) in [4.78, 5) is 8.45. The summed E-state index contributed by atoms with van der Waals surface area (Å²) >= 11 is 0. The van der Waals surface area contributed by atoms with E-state index in [0.29, 0.717) is 12.4 Å². The van der Waals surface area contributed by atoms with E-state index in [9.17, 15) is 8.42 Å². The fourth-order valence-corrected chi connectivity index (χ4v) is 2.41. The normalized spacial score (nSPS) is 11.3. The summed E-state index contributed by atoms with van der Waals surface area (Å²) in [6.45, 7) is 2.39. The molecule has 0 spiro atoms. The fourth-order valence-electron chi connectivity index (χ4n) is 1.61. The van der Waals surface area contributed by atoms with Crippen LogP contribution < -0.4 is 5.32 Å². The number of nitrogens with one attached hydrogen (secondary N) is 1. The third-order valence-corrected chi connectivity index (χ3v) is 3.73. The third kappa shape index (κ3) is 3.51. The second-order valence-corrected chi connectivity index (χ2v) is 6.27. The highest BCUT2D eigenvalue weighted by Crippen LogP contribution is 2.18. The van der Waals surface area contributed by atoms with Crippen molar-refractivity contribution >= 4 is 15.7 Å². The lowest BCUT2D eigenvalue weighted by Gasteiger charge is -2.09. The molecule has 19 heavy (non-hydrogen) atoms. The van der Waals surface area contributed by atoms with Crippen LogP contribution in [0.3, 0.4) is 0 Å². The number of aromatic nitrogens is 2. The minimum Gasteiger partial charge on any atom is -0.365 e. The number of pyridine rings is 2. The highest BCUT2D eigenvalue weighted by molar-refractivity contribution is 7.90. The molecule has 6 heteroatoms. The molecule has 0 unspecified atom stereocenters. The first-order valence-corrected chi connectivity index (χ1v) is 7.66. The first-order valence-electron chi connectivity index (χ1n) is 5.77. The predicted molar refractivity (Wildman–Crippen MR) is 73.6 cm³/mol. The van der Waals surface area contributed by atoms with Crippen molar-refractivity contribution in [3.05, 3.63) is 47.9 Å². The van der Waals surface area contributed by atoms with Crippen LogP contribution in [0.5, 0.6) is 0 Å². The zero-order valence-electron chi connectivity index (χ0n) is 10.8. The Morgan fingerprint density at radius 1 is 1.21 bits per heavy atom. The Balaban J connectivity index is 2.18. The number of rotatable bonds is 4. The molecule has 0 saturated carbocycles. The average Bonchev–Trinajstić information content (AvgIpc) is 2.37. The number of sulfone groups is 1. The second kappa shape index (κ2) is 5.36. The van der Waals surface area contributed by atoms with Gasteiger partial charge in [0.05, 0.1) is 0 Å². The Hall–Kier alpha value is -1.95. The molecular formula is C13H15N3O2S. The molecule has 0 amide bonds. The van der Waals surface area contributed by atoms with Crippen molar-refractivity contribution in [1.29, 1.82) is 0 Å². The summed E-state index contributed by atoms with van der Waals surface area (Å²) in [5, 5.41) is 3.03. The number of anilines is 1. The molecule has 2 aromatic rings. The Kier molecular flexibility index (Phi) is 3.80. The molecule has 5 nitrogen and oxygen atoms in total. The third-order valence-electron chi connectivity index (χ3n) is 2.60. The van der Waals surface area contributed by atoms with Crippen molar-refractivity contribution in [1.82, 2.24) is 9.97 Å². The van der Waals surface area contributed by atoms with E-state index < -0.39 is 9.84 Å². The fraction of sp³-hybridized carbons (Fsp3) is 0.231. The Labute approximate surface area is 112 Å². The van der Waals surface area contributed by atoms with Gasteiger partial charge in [0.1, 0.15) is 10.7 Å². The van der Waals surface area contributed by atoms with Crippen LogP contribution in [0.4, 0.5) is 5.82 Å². The Morgan fingerprint density at radius 3 is 2.63 bits per heavy atom. The first-order chi connectivity index (χ1) is 8.97. The zero-order valence-corrected chi connectivity index (χ0v) is 11.6. The molecule has 2 aromatic heterocycles. The minimum absolute atomic E-state index is 0.204. The van der Waals surface area contributed by atoms with Gasteiger partial charge in [-0.3, -0.25) is 4.98 Å². The lowest BCUT2D eigenvalue weighted by molar-refractivity contribution is 0.601. The van der Waals surface area contributed by atoms with Gasteiger partial charge >= 0.3 is 0 Å². The molecular weight excluding hydrogens is 262 g/mol. The van der Waals surface area contributed by atoms with Gasteiger partial charge in [-0.1, -0.05) is 6.07 Å². The molecule has 0 atom stereocenters. The van der Waals surface area contributed by atoms with E-state index in [1.807, 2.05) is 19.1 Å². The number of hydrogen-bond donors (Lipinski definition) is 1. The van der Waals surface area contributed by atoms with Crippen LogP contribution in [-0.4, -0.2) is 24.6 Å². The lowest BCUT2D eigenvalue weighted by Crippen LogP contribution is -2.08. The summed E-state index contributed by atoms with van der Waals surface area (Å²) in [5.41, 5.74) is 1.91. The van der Waals surface area contributed by atoms with E-state index in [4.69, 9.17) is 0 Å². The van der Waals surface area contributed by atoms with E-state index in [1.54, 1.807) is 18.5 Å². The van der Waals surface area contributed by atoms with Gasteiger partial charge in [-0.15, -0.1) is 0 Å². The topological polar surface area (TPSA) is 72.0 Å². The van der Waals surface area contributed by atoms with Crippen LogP contribution in [-0.2, 0) is 16.4 Å². The summed E-state index contributed by atoms with van der Waals surface area (Å²) < 4.78 is 23.2. The maximum absolute atomic E-state index is 11.6. The summed E-state index contributed by atoms with van der Waals surface area (Å²) in [5.74, 6) is 0.366. The van der Waals surface area contributed by atoms with Gasteiger partial charge in [0.2, 0.25) is 0 Å². The lowest BCUT2D eigenvalue weighted by atomic mass is 10.2. The molecule has 0 fully saturated rings. The smallest absolute Gasteiger partial charge is 0.179 e. The van der Waals surface area contributed by atoms with E-state index in [1.165, 1.54) is 12.3 Å². The summed E-state index contributed by atoms with van der Waals surface area (Å²) in [7, 11) is -3.29. The highest BCUT2D eigenvalue weighted by atomic mass is 32.2. The average molecular weight is 277 g/mol. The van der Waals surface area contributed by atoms with Crippen LogP contribution in [0.2, 0.25) is 0 Å². The van der Waals surface area contributed by atoms with E-state index in [-0.39, 0.29) is 4.90 Å². The quantitative estimate of drug-likeness (QED) is 0.922. The van der Waals surface area contributed by atoms with Crippen molar-refractivity contribution in [2.24, 2.45) is 0 Å². The Bertz CT molecular complexity index is 667. The van der Waals surface area contributed by atoms with Gasteiger partial charge in [-0.05, 0) is 30.7 Å². The molecule has 0 aromatic carbocycles. The van der Waals surface area contributed by atoms with Crippen LogP contribution >= 0.6 is 0 Å². The molecule has 0 saturated heterocycles. The minimum atomic E-state index is -3.29. The Morgan fingerprint density at radius 2 is 2.00 bits per heavy atom. The zero-order chi connectivity index (χ0) is 13.9. The monoisotopic (exact) mass is 277 g/mol. The van der Waals surface area contributed by atoms with Gasteiger partial charge in [-0.25, -0.2) is 13.4 Å². The molecule has 1 N–H and O–H groups in total. The molecule has 0 radical (unpaired) electrons.